The Morgan fingerprint density at radius 1 is 1.41 bits per heavy atom. The molecule has 2 atom stereocenters. The second-order valence-corrected chi connectivity index (χ2v) is 5.46. The molecular weight excluding hydrogens is 212 g/mol. The fraction of sp³-hybridized carbons (Fsp3) is 0.714. The van der Waals surface area contributed by atoms with Gasteiger partial charge in [0.15, 0.2) is 0 Å². The Kier molecular flexibility index (Phi) is 3.21. The molecule has 0 saturated carbocycles. The Labute approximate surface area is 103 Å². The van der Waals surface area contributed by atoms with E-state index in [9.17, 15) is 0 Å². The van der Waals surface area contributed by atoms with E-state index in [1.165, 1.54) is 32.5 Å². The van der Waals surface area contributed by atoms with Crippen LogP contribution in [0, 0.1) is 0 Å². The largest absolute Gasteiger partial charge is 0.469 e. The van der Waals surface area contributed by atoms with Gasteiger partial charge in [0.1, 0.15) is 5.76 Å². The zero-order valence-electron chi connectivity index (χ0n) is 10.6. The van der Waals surface area contributed by atoms with Crippen LogP contribution in [-0.2, 0) is 6.42 Å². The lowest BCUT2D eigenvalue weighted by Gasteiger charge is -2.42. The summed E-state index contributed by atoms with van der Waals surface area (Å²) in [5.74, 6) is 1.12. The van der Waals surface area contributed by atoms with Crippen LogP contribution in [-0.4, -0.2) is 48.1 Å². The maximum Gasteiger partial charge on any atom is 0.105 e. The smallest absolute Gasteiger partial charge is 0.105 e. The van der Waals surface area contributed by atoms with Crippen molar-refractivity contribution < 1.29 is 4.42 Å². The molecule has 3 nitrogen and oxygen atoms in total. The maximum atomic E-state index is 5.41. The fourth-order valence-corrected chi connectivity index (χ4v) is 3.27. The molecule has 1 aromatic rings. The normalized spacial score (nSPS) is 30.6. The minimum atomic E-state index is 0.694. The van der Waals surface area contributed by atoms with E-state index >= 15 is 0 Å². The van der Waals surface area contributed by atoms with E-state index in [0.717, 1.165) is 24.8 Å². The van der Waals surface area contributed by atoms with Crippen molar-refractivity contribution in [2.45, 2.75) is 38.3 Å². The minimum Gasteiger partial charge on any atom is -0.469 e. The molecule has 0 N–H and O–H groups in total. The number of nitrogens with zero attached hydrogens (tertiary/aromatic N) is 2. The molecule has 94 valence electrons. The van der Waals surface area contributed by atoms with E-state index in [1.54, 1.807) is 6.26 Å². The van der Waals surface area contributed by atoms with Crippen LogP contribution in [0.5, 0.6) is 0 Å². The second kappa shape index (κ2) is 4.83. The fourth-order valence-electron chi connectivity index (χ4n) is 3.27. The van der Waals surface area contributed by atoms with E-state index in [1.807, 2.05) is 6.07 Å². The highest BCUT2D eigenvalue weighted by atomic mass is 16.3. The molecule has 17 heavy (non-hydrogen) atoms. The molecule has 3 heteroatoms. The summed E-state index contributed by atoms with van der Waals surface area (Å²) in [4.78, 5) is 5.31. The van der Waals surface area contributed by atoms with Crippen molar-refractivity contribution in [1.29, 1.82) is 0 Å². The van der Waals surface area contributed by atoms with Crippen molar-refractivity contribution in [2.75, 3.05) is 26.2 Å². The molecule has 2 aliphatic rings. The van der Waals surface area contributed by atoms with E-state index in [4.69, 9.17) is 4.42 Å². The highest BCUT2D eigenvalue weighted by Crippen LogP contribution is 2.24. The lowest BCUT2D eigenvalue weighted by Crippen LogP contribution is -2.55. The topological polar surface area (TPSA) is 19.6 Å². The summed E-state index contributed by atoms with van der Waals surface area (Å²) in [5, 5.41) is 0. The van der Waals surface area contributed by atoms with Gasteiger partial charge in [-0.25, -0.2) is 0 Å². The minimum absolute atomic E-state index is 0.694. The first-order valence-electron chi connectivity index (χ1n) is 6.83. The zero-order valence-corrected chi connectivity index (χ0v) is 10.6. The number of hydrogen-bond acceptors (Lipinski definition) is 3. The predicted molar refractivity (Wildman–Crippen MR) is 68.0 cm³/mol. The van der Waals surface area contributed by atoms with Gasteiger partial charge in [0.25, 0.3) is 0 Å². The van der Waals surface area contributed by atoms with Gasteiger partial charge < -0.3 is 4.42 Å². The summed E-state index contributed by atoms with van der Waals surface area (Å²) in [5.41, 5.74) is 0. The van der Waals surface area contributed by atoms with E-state index in [-0.39, 0.29) is 0 Å². The van der Waals surface area contributed by atoms with Crippen LogP contribution in [0.4, 0.5) is 0 Å². The number of hydrogen-bond donors (Lipinski definition) is 0. The molecule has 2 unspecified atom stereocenters. The van der Waals surface area contributed by atoms with E-state index < -0.39 is 0 Å². The van der Waals surface area contributed by atoms with Crippen LogP contribution in [0.1, 0.15) is 25.5 Å². The van der Waals surface area contributed by atoms with Crippen LogP contribution in [0.3, 0.4) is 0 Å². The van der Waals surface area contributed by atoms with Crippen LogP contribution in [0.25, 0.3) is 0 Å². The van der Waals surface area contributed by atoms with Gasteiger partial charge in [-0.05, 0) is 38.4 Å². The molecule has 3 heterocycles. The van der Waals surface area contributed by atoms with Crippen molar-refractivity contribution in [3.63, 3.8) is 0 Å². The highest BCUT2D eigenvalue weighted by molar-refractivity contribution is 4.99. The lowest BCUT2D eigenvalue weighted by atomic mass is 10.1. The molecule has 0 aliphatic carbocycles. The average molecular weight is 234 g/mol. The molecule has 0 spiro atoms. The third-order valence-corrected chi connectivity index (χ3v) is 4.29. The lowest BCUT2D eigenvalue weighted by molar-refractivity contribution is 0.0595. The van der Waals surface area contributed by atoms with Crippen LogP contribution < -0.4 is 0 Å². The third-order valence-electron chi connectivity index (χ3n) is 4.29. The molecule has 0 radical (unpaired) electrons. The molecule has 3 rings (SSSR count). The average Bonchev–Trinajstić information content (AvgIpc) is 2.95. The van der Waals surface area contributed by atoms with Gasteiger partial charge in [0, 0.05) is 38.1 Å². The summed E-state index contributed by atoms with van der Waals surface area (Å²) >= 11 is 0. The molecule has 2 aliphatic heterocycles. The van der Waals surface area contributed by atoms with Crippen molar-refractivity contribution in [1.82, 2.24) is 9.80 Å². The standard InChI is InChI=1S/C14H22N2O/c1-12-10-16-7-2-4-13(16)11-15(12)8-6-14-5-3-9-17-14/h3,5,9,12-13H,2,4,6-8,10-11H2,1H3. The van der Waals surface area contributed by atoms with Crippen LogP contribution >= 0.6 is 0 Å². The summed E-state index contributed by atoms with van der Waals surface area (Å²) in [6.07, 6.45) is 5.60. The second-order valence-electron chi connectivity index (χ2n) is 5.46. The summed E-state index contributed by atoms with van der Waals surface area (Å²) in [7, 11) is 0. The number of piperazine rings is 1. The first kappa shape index (κ1) is 11.3. The van der Waals surface area contributed by atoms with E-state index in [0.29, 0.717) is 6.04 Å². The molecular formula is C14H22N2O. The molecule has 0 bridgehead atoms. The highest BCUT2D eigenvalue weighted by Gasteiger charge is 2.33. The molecule has 1 aromatic heterocycles. The first-order valence-corrected chi connectivity index (χ1v) is 6.83. The third kappa shape index (κ3) is 2.40. The Balaban J connectivity index is 1.55. The maximum absolute atomic E-state index is 5.41. The van der Waals surface area contributed by atoms with Crippen molar-refractivity contribution >= 4 is 0 Å². The van der Waals surface area contributed by atoms with Crippen LogP contribution in [0.15, 0.2) is 22.8 Å². The van der Waals surface area contributed by atoms with Crippen molar-refractivity contribution in [2.24, 2.45) is 0 Å². The molecule has 2 saturated heterocycles. The Morgan fingerprint density at radius 2 is 2.35 bits per heavy atom. The van der Waals surface area contributed by atoms with Crippen molar-refractivity contribution in [3.8, 4) is 0 Å². The quantitative estimate of drug-likeness (QED) is 0.797. The summed E-state index contributed by atoms with van der Waals surface area (Å²) in [6, 6.07) is 5.58. The Hall–Kier alpha value is -0.800. The summed E-state index contributed by atoms with van der Waals surface area (Å²) in [6.45, 7) is 7.32. The Morgan fingerprint density at radius 3 is 3.18 bits per heavy atom. The van der Waals surface area contributed by atoms with Gasteiger partial charge in [-0.15, -0.1) is 0 Å². The molecule has 0 aromatic carbocycles. The van der Waals surface area contributed by atoms with Gasteiger partial charge in [-0.2, -0.15) is 0 Å². The van der Waals surface area contributed by atoms with Gasteiger partial charge >= 0.3 is 0 Å². The molecule has 0 amide bonds. The number of rotatable bonds is 3. The summed E-state index contributed by atoms with van der Waals surface area (Å²) < 4.78 is 5.41. The molecule has 2 fully saturated rings. The number of furan rings is 1. The first-order chi connectivity index (χ1) is 8.33. The van der Waals surface area contributed by atoms with Gasteiger partial charge in [-0.3, -0.25) is 9.80 Å². The number of fused-ring (bicyclic) bond motifs is 1. The van der Waals surface area contributed by atoms with E-state index in [2.05, 4.69) is 22.8 Å². The van der Waals surface area contributed by atoms with Gasteiger partial charge in [-0.1, -0.05) is 0 Å². The van der Waals surface area contributed by atoms with Crippen molar-refractivity contribution in [3.05, 3.63) is 24.2 Å². The monoisotopic (exact) mass is 234 g/mol. The predicted octanol–water partition coefficient (Wildman–Crippen LogP) is 1.99. The van der Waals surface area contributed by atoms with Crippen LogP contribution in [0.2, 0.25) is 0 Å². The van der Waals surface area contributed by atoms with Gasteiger partial charge in [0.05, 0.1) is 6.26 Å². The SMILES string of the molecule is CC1CN2CCCC2CN1CCc1ccco1. The van der Waals surface area contributed by atoms with Gasteiger partial charge in [0.2, 0.25) is 0 Å². The zero-order chi connectivity index (χ0) is 11.7. The Bertz CT molecular complexity index is 349.